The van der Waals surface area contributed by atoms with E-state index < -0.39 is 0 Å². The lowest BCUT2D eigenvalue weighted by Gasteiger charge is -1.97. The lowest BCUT2D eigenvalue weighted by Crippen LogP contribution is -1.88. The summed E-state index contributed by atoms with van der Waals surface area (Å²) in [6.07, 6.45) is 0. The first-order chi connectivity index (χ1) is 4.20. The molecule has 0 saturated carbocycles. The van der Waals surface area contributed by atoms with Crippen LogP contribution in [0.2, 0.25) is 0 Å². The molecule has 1 aromatic carbocycles. The summed E-state index contributed by atoms with van der Waals surface area (Å²) in [5, 5.41) is 8.86. The van der Waals surface area contributed by atoms with Crippen molar-refractivity contribution in [3.8, 4) is 5.75 Å². The van der Waals surface area contributed by atoms with E-state index >= 15 is 0 Å². The standard InChI is InChI=1S/C6H8N2O.CH4/c7-4-1-2-6(9)5(8)3-4;/h1-3,9H,7-8H2;1H4. The normalized spacial score (nSPS) is 8.40. The highest BCUT2D eigenvalue weighted by Crippen LogP contribution is 2.20. The van der Waals surface area contributed by atoms with Gasteiger partial charge in [0, 0.05) is 5.69 Å². The topological polar surface area (TPSA) is 72.3 Å². The first-order valence-electron chi connectivity index (χ1n) is 2.54. The van der Waals surface area contributed by atoms with Gasteiger partial charge in [0.2, 0.25) is 0 Å². The number of hydrogen-bond acceptors (Lipinski definition) is 3. The third-order valence-corrected chi connectivity index (χ3v) is 1.05. The molecule has 0 spiro atoms. The molecule has 3 nitrogen and oxygen atoms in total. The first-order valence-corrected chi connectivity index (χ1v) is 2.54. The smallest absolute Gasteiger partial charge is 0.138 e. The lowest BCUT2D eigenvalue weighted by molar-refractivity contribution is 0.478. The fourth-order valence-corrected chi connectivity index (χ4v) is 0.573. The van der Waals surface area contributed by atoms with Gasteiger partial charge in [-0.25, -0.2) is 0 Å². The number of anilines is 2. The highest BCUT2D eigenvalue weighted by molar-refractivity contribution is 5.59. The van der Waals surface area contributed by atoms with Gasteiger partial charge in [-0.2, -0.15) is 0 Å². The number of nitrogen functional groups attached to an aromatic ring is 2. The summed E-state index contributed by atoms with van der Waals surface area (Å²) in [6, 6.07) is 4.56. The summed E-state index contributed by atoms with van der Waals surface area (Å²) in [4.78, 5) is 0. The molecule has 10 heavy (non-hydrogen) atoms. The van der Waals surface area contributed by atoms with Crippen molar-refractivity contribution in [1.82, 2.24) is 0 Å². The molecule has 1 aromatic rings. The number of rotatable bonds is 0. The molecule has 0 fully saturated rings. The van der Waals surface area contributed by atoms with Crippen LogP contribution in [0.1, 0.15) is 7.43 Å². The maximum atomic E-state index is 8.86. The Balaban J connectivity index is 0.000000810. The zero-order valence-electron chi connectivity index (χ0n) is 4.83. The van der Waals surface area contributed by atoms with Crippen molar-refractivity contribution in [1.29, 1.82) is 0 Å². The minimum Gasteiger partial charge on any atom is -0.506 e. The minimum atomic E-state index is 0. The van der Waals surface area contributed by atoms with Crippen LogP contribution in [-0.4, -0.2) is 5.11 Å². The van der Waals surface area contributed by atoms with Gasteiger partial charge in [0.25, 0.3) is 0 Å². The monoisotopic (exact) mass is 140 g/mol. The zero-order valence-corrected chi connectivity index (χ0v) is 4.83. The molecular formula is C7H12N2O. The molecule has 3 heteroatoms. The Morgan fingerprint density at radius 3 is 2.20 bits per heavy atom. The largest absolute Gasteiger partial charge is 0.506 e. The maximum Gasteiger partial charge on any atom is 0.138 e. The van der Waals surface area contributed by atoms with E-state index in [2.05, 4.69) is 0 Å². The van der Waals surface area contributed by atoms with Gasteiger partial charge in [0.15, 0.2) is 0 Å². The minimum absolute atomic E-state index is 0. The van der Waals surface area contributed by atoms with Crippen LogP contribution in [0.25, 0.3) is 0 Å². The van der Waals surface area contributed by atoms with Gasteiger partial charge in [0.05, 0.1) is 5.69 Å². The van der Waals surface area contributed by atoms with Crippen LogP contribution >= 0.6 is 0 Å². The Morgan fingerprint density at radius 1 is 1.20 bits per heavy atom. The second-order valence-corrected chi connectivity index (χ2v) is 1.82. The van der Waals surface area contributed by atoms with E-state index in [1.807, 2.05) is 0 Å². The second kappa shape index (κ2) is 2.96. The van der Waals surface area contributed by atoms with Crippen LogP contribution in [0.15, 0.2) is 18.2 Å². The van der Waals surface area contributed by atoms with Gasteiger partial charge in [-0.1, -0.05) is 7.43 Å². The predicted molar refractivity (Wildman–Crippen MR) is 43.7 cm³/mol. The average Bonchev–Trinajstić information content (AvgIpc) is 1.80. The van der Waals surface area contributed by atoms with E-state index in [9.17, 15) is 0 Å². The number of phenolic OH excluding ortho intramolecular Hbond substituents is 1. The number of aromatic hydroxyl groups is 1. The number of hydrogen-bond donors (Lipinski definition) is 3. The summed E-state index contributed by atoms with van der Waals surface area (Å²) in [5.41, 5.74) is 11.5. The van der Waals surface area contributed by atoms with Crippen molar-refractivity contribution < 1.29 is 5.11 Å². The summed E-state index contributed by atoms with van der Waals surface area (Å²) in [5.74, 6) is 0.0733. The summed E-state index contributed by atoms with van der Waals surface area (Å²) < 4.78 is 0. The van der Waals surface area contributed by atoms with Crippen LogP contribution in [0.3, 0.4) is 0 Å². The van der Waals surface area contributed by atoms with Gasteiger partial charge in [0.1, 0.15) is 5.75 Å². The Morgan fingerprint density at radius 2 is 1.80 bits per heavy atom. The Labute approximate surface area is 60.3 Å². The van der Waals surface area contributed by atoms with Gasteiger partial charge < -0.3 is 16.6 Å². The molecule has 0 aliphatic carbocycles. The fraction of sp³-hybridized carbons (Fsp3) is 0.143. The third kappa shape index (κ3) is 1.55. The van der Waals surface area contributed by atoms with E-state index in [1.165, 1.54) is 12.1 Å². The van der Waals surface area contributed by atoms with Crippen molar-refractivity contribution in [3.63, 3.8) is 0 Å². The van der Waals surface area contributed by atoms with Gasteiger partial charge in [-0.05, 0) is 18.2 Å². The average molecular weight is 140 g/mol. The van der Waals surface area contributed by atoms with Crippen LogP contribution < -0.4 is 11.5 Å². The number of phenols is 1. The highest BCUT2D eigenvalue weighted by Gasteiger charge is 1.93. The van der Waals surface area contributed by atoms with E-state index in [-0.39, 0.29) is 13.2 Å². The molecular weight excluding hydrogens is 128 g/mol. The van der Waals surface area contributed by atoms with E-state index in [0.717, 1.165) is 0 Å². The van der Waals surface area contributed by atoms with Crippen molar-refractivity contribution in [2.24, 2.45) is 0 Å². The Bertz CT molecular complexity index is 223. The van der Waals surface area contributed by atoms with Crippen LogP contribution in [0.4, 0.5) is 11.4 Å². The molecule has 56 valence electrons. The molecule has 0 aliphatic rings. The van der Waals surface area contributed by atoms with Crippen molar-refractivity contribution in [2.75, 3.05) is 11.5 Å². The van der Waals surface area contributed by atoms with Crippen LogP contribution in [0, 0.1) is 0 Å². The SMILES string of the molecule is C.Nc1ccc(O)c(N)c1. The van der Waals surface area contributed by atoms with Crippen LogP contribution in [0.5, 0.6) is 5.75 Å². The maximum absolute atomic E-state index is 8.86. The summed E-state index contributed by atoms with van der Waals surface area (Å²) in [7, 11) is 0. The lowest BCUT2D eigenvalue weighted by atomic mass is 10.3. The van der Waals surface area contributed by atoms with E-state index in [0.29, 0.717) is 11.4 Å². The molecule has 1 rings (SSSR count). The highest BCUT2D eigenvalue weighted by atomic mass is 16.3. The molecule has 0 aliphatic heterocycles. The molecule has 0 radical (unpaired) electrons. The Kier molecular flexibility index (Phi) is 2.55. The molecule has 0 unspecified atom stereocenters. The molecule has 0 amide bonds. The molecule has 0 aromatic heterocycles. The van der Waals surface area contributed by atoms with Gasteiger partial charge in [-0.3, -0.25) is 0 Å². The summed E-state index contributed by atoms with van der Waals surface area (Å²) >= 11 is 0. The molecule has 0 saturated heterocycles. The molecule has 0 atom stereocenters. The van der Waals surface area contributed by atoms with Crippen molar-refractivity contribution in [2.45, 2.75) is 7.43 Å². The third-order valence-electron chi connectivity index (χ3n) is 1.05. The first kappa shape index (κ1) is 8.62. The van der Waals surface area contributed by atoms with E-state index in [1.54, 1.807) is 6.07 Å². The fourth-order valence-electron chi connectivity index (χ4n) is 0.573. The van der Waals surface area contributed by atoms with Crippen molar-refractivity contribution in [3.05, 3.63) is 18.2 Å². The molecule has 0 bridgehead atoms. The molecule has 5 N–H and O–H groups in total. The number of nitrogens with two attached hydrogens (primary N) is 2. The van der Waals surface area contributed by atoms with Crippen molar-refractivity contribution >= 4 is 11.4 Å². The quantitative estimate of drug-likeness (QED) is 0.288. The summed E-state index contributed by atoms with van der Waals surface area (Å²) in [6.45, 7) is 0. The predicted octanol–water partition coefficient (Wildman–Crippen LogP) is 1.19. The molecule has 0 heterocycles. The second-order valence-electron chi connectivity index (χ2n) is 1.82. The van der Waals surface area contributed by atoms with E-state index in [4.69, 9.17) is 16.6 Å². The zero-order chi connectivity index (χ0) is 6.85. The Hall–Kier alpha value is -1.38. The van der Waals surface area contributed by atoms with Gasteiger partial charge in [-0.15, -0.1) is 0 Å². The number of benzene rings is 1. The van der Waals surface area contributed by atoms with Crippen LogP contribution in [-0.2, 0) is 0 Å². The van der Waals surface area contributed by atoms with Gasteiger partial charge >= 0.3 is 0 Å².